The van der Waals surface area contributed by atoms with Crippen molar-refractivity contribution in [2.45, 2.75) is 13.8 Å². The van der Waals surface area contributed by atoms with Crippen LogP contribution in [0.25, 0.3) is 11.3 Å². The number of benzene rings is 1. The molecule has 1 heterocycles. The molecule has 0 atom stereocenters. The van der Waals surface area contributed by atoms with Crippen LogP contribution in [0.3, 0.4) is 0 Å². The first-order chi connectivity index (χ1) is 8.00. The lowest BCUT2D eigenvalue weighted by Crippen LogP contribution is -2.10. The van der Waals surface area contributed by atoms with Crippen molar-refractivity contribution < 1.29 is 4.79 Å². The van der Waals surface area contributed by atoms with Gasteiger partial charge in [-0.3, -0.25) is 4.79 Å². The summed E-state index contributed by atoms with van der Waals surface area (Å²) in [7, 11) is 0. The Labute approximate surface area is 103 Å². The molecule has 88 valence electrons. The maximum Gasteiger partial charge on any atom is 0.262 e. The topological polar surface area (TPSA) is 82.0 Å². The lowest BCUT2D eigenvalue weighted by Gasteiger charge is -2.03. The minimum Gasteiger partial charge on any atom is -0.396 e. The van der Waals surface area contributed by atoms with E-state index in [1.54, 1.807) is 0 Å². The van der Waals surface area contributed by atoms with Crippen molar-refractivity contribution >= 4 is 23.1 Å². The van der Waals surface area contributed by atoms with Gasteiger partial charge in [-0.05, 0) is 42.6 Å². The number of hydrogen-bond donors (Lipinski definition) is 2. The van der Waals surface area contributed by atoms with Crippen molar-refractivity contribution in [3.05, 3.63) is 34.2 Å². The Morgan fingerprint density at radius 3 is 2.53 bits per heavy atom. The van der Waals surface area contributed by atoms with Crippen LogP contribution in [-0.2, 0) is 0 Å². The Kier molecular flexibility index (Phi) is 2.85. The van der Waals surface area contributed by atoms with Crippen LogP contribution in [0.5, 0.6) is 0 Å². The highest BCUT2D eigenvalue weighted by Gasteiger charge is 2.16. The van der Waals surface area contributed by atoms with E-state index < -0.39 is 5.91 Å². The molecule has 0 saturated heterocycles. The van der Waals surface area contributed by atoms with Crippen molar-refractivity contribution in [3.8, 4) is 11.3 Å². The number of hydrogen-bond acceptors (Lipinski definition) is 4. The zero-order valence-corrected chi connectivity index (χ0v) is 10.5. The monoisotopic (exact) mass is 247 g/mol. The van der Waals surface area contributed by atoms with Crippen molar-refractivity contribution in [1.82, 2.24) is 4.37 Å². The summed E-state index contributed by atoms with van der Waals surface area (Å²) < 4.78 is 4.19. The van der Waals surface area contributed by atoms with E-state index in [-0.39, 0.29) is 0 Å². The highest BCUT2D eigenvalue weighted by Crippen LogP contribution is 2.31. The van der Waals surface area contributed by atoms with Crippen LogP contribution in [-0.4, -0.2) is 10.3 Å². The van der Waals surface area contributed by atoms with Gasteiger partial charge in [0.2, 0.25) is 0 Å². The normalized spacial score (nSPS) is 10.5. The number of aromatic nitrogens is 1. The molecule has 0 spiro atoms. The molecule has 4 N–H and O–H groups in total. The average molecular weight is 247 g/mol. The molecule has 0 fully saturated rings. The molecule has 1 amide bonds. The number of carbonyl (C=O) groups is 1. The van der Waals surface area contributed by atoms with Crippen LogP contribution < -0.4 is 11.5 Å². The van der Waals surface area contributed by atoms with Crippen molar-refractivity contribution in [3.63, 3.8) is 0 Å². The van der Waals surface area contributed by atoms with E-state index in [0.717, 1.165) is 22.7 Å². The SMILES string of the molecule is Cc1ccc(-c2nsc(C(N)=O)c2N)cc1C. The maximum atomic E-state index is 11.1. The van der Waals surface area contributed by atoms with Gasteiger partial charge in [0.1, 0.15) is 10.6 Å². The molecule has 17 heavy (non-hydrogen) atoms. The van der Waals surface area contributed by atoms with Gasteiger partial charge in [-0.2, -0.15) is 4.37 Å². The second kappa shape index (κ2) is 4.18. The Balaban J connectivity index is 2.53. The molecule has 0 aliphatic rings. The molecule has 1 aromatic heterocycles. The Hall–Kier alpha value is -1.88. The number of amides is 1. The fourth-order valence-electron chi connectivity index (χ4n) is 1.57. The average Bonchev–Trinajstić information content (AvgIpc) is 2.64. The van der Waals surface area contributed by atoms with Crippen molar-refractivity contribution in [2.75, 3.05) is 5.73 Å². The lowest BCUT2D eigenvalue weighted by molar-refractivity contribution is 0.100. The highest BCUT2D eigenvalue weighted by molar-refractivity contribution is 7.09. The van der Waals surface area contributed by atoms with E-state index in [4.69, 9.17) is 11.5 Å². The summed E-state index contributed by atoms with van der Waals surface area (Å²) in [6, 6.07) is 5.96. The van der Waals surface area contributed by atoms with Gasteiger partial charge < -0.3 is 11.5 Å². The standard InChI is InChI=1S/C12H13N3OS/c1-6-3-4-8(5-7(6)2)10-9(13)11(12(14)16)17-15-10/h3-5H,13H2,1-2H3,(H2,14,16). The van der Waals surface area contributed by atoms with Crippen LogP contribution in [0.15, 0.2) is 18.2 Å². The molecule has 2 aromatic rings. The van der Waals surface area contributed by atoms with Crippen LogP contribution >= 0.6 is 11.5 Å². The molecule has 4 nitrogen and oxygen atoms in total. The Bertz CT molecular complexity index is 589. The fourth-order valence-corrected chi connectivity index (χ4v) is 2.24. The van der Waals surface area contributed by atoms with Crippen LogP contribution in [0.4, 0.5) is 5.69 Å². The molecule has 1 aromatic carbocycles. The first kappa shape index (κ1) is 11.6. The highest BCUT2D eigenvalue weighted by atomic mass is 32.1. The molecule has 0 saturated carbocycles. The molecule has 0 aliphatic heterocycles. The number of nitrogens with two attached hydrogens (primary N) is 2. The molecular weight excluding hydrogens is 234 g/mol. The number of nitrogen functional groups attached to an aromatic ring is 1. The van der Waals surface area contributed by atoms with Gasteiger partial charge in [0.05, 0.1) is 5.69 Å². The summed E-state index contributed by atoms with van der Waals surface area (Å²) in [4.78, 5) is 11.4. The first-order valence-electron chi connectivity index (χ1n) is 5.13. The van der Waals surface area contributed by atoms with Gasteiger partial charge in [0, 0.05) is 5.56 Å². The number of nitrogens with zero attached hydrogens (tertiary/aromatic N) is 1. The fraction of sp³-hybridized carbons (Fsp3) is 0.167. The van der Waals surface area contributed by atoms with Crippen LogP contribution in [0.1, 0.15) is 20.8 Å². The van der Waals surface area contributed by atoms with E-state index in [1.165, 1.54) is 5.56 Å². The second-order valence-electron chi connectivity index (χ2n) is 3.94. The molecule has 0 aliphatic carbocycles. The van der Waals surface area contributed by atoms with Gasteiger partial charge in [-0.15, -0.1) is 0 Å². The van der Waals surface area contributed by atoms with Gasteiger partial charge in [-0.1, -0.05) is 12.1 Å². The first-order valence-corrected chi connectivity index (χ1v) is 5.90. The third-order valence-electron chi connectivity index (χ3n) is 2.73. The zero-order valence-electron chi connectivity index (χ0n) is 9.65. The third-order valence-corrected chi connectivity index (χ3v) is 3.61. The predicted octanol–water partition coefficient (Wildman–Crippen LogP) is 2.11. The minimum atomic E-state index is -0.532. The predicted molar refractivity (Wildman–Crippen MR) is 70.0 cm³/mol. The summed E-state index contributed by atoms with van der Waals surface area (Å²) in [6.45, 7) is 4.06. The van der Waals surface area contributed by atoms with E-state index in [0.29, 0.717) is 16.3 Å². The van der Waals surface area contributed by atoms with E-state index in [1.807, 2.05) is 32.0 Å². The third kappa shape index (κ3) is 2.01. The molecule has 0 bridgehead atoms. The van der Waals surface area contributed by atoms with Crippen LogP contribution in [0.2, 0.25) is 0 Å². The van der Waals surface area contributed by atoms with Gasteiger partial charge >= 0.3 is 0 Å². The zero-order chi connectivity index (χ0) is 12.6. The Morgan fingerprint density at radius 1 is 1.29 bits per heavy atom. The molecule has 2 rings (SSSR count). The lowest BCUT2D eigenvalue weighted by atomic mass is 10.0. The van der Waals surface area contributed by atoms with Gasteiger partial charge in [-0.25, -0.2) is 0 Å². The summed E-state index contributed by atoms with van der Waals surface area (Å²) in [6.07, 6.45) is 0. The molecule has 5 heteroatoms. The number of rotatable bonds is 2. The number of anilines is 1. The molecule has 0 unspecified atom stereocenters. The van der Waals surface area contributed by atoms with E-state index >= 15 is 0 Å². The van der Waals surface area contributed by atoms with Gasteiger partial charge in [0.25, 0.3) is 5.91 Å². The maximum absolute atomic E-state index is 11.1. The smallest absolute Gasteiger partial charge is 0.262 e. The summed E-state index contributed by atoms with van der Waals surface area (Å²) >= 11 is 1.04. The summed E-state index contributed by atoms with van der Waals surface area (Å²) in [5.74, 6) is -0.532. The van der Waals surface area contributed by atoms with Gasteiger partial charge in [0.15, 0.2) is 0 Å². The molecule has 0 radical (unpaired) electrons. The van der Waals surface area contributed by atoms with Crippen molar-refractivity contribution in [2.24, 2.45) is 5.73 Å². The number of primary amides is 1. The number of aryl methyl sites for hydroxylation is 2. The number of carbonyl (C=O) groups excluding carboxylic acids is 1. The Morgan fingerprint density at radius 2 is 2.00 bits per heavy atom. The summed E-state index contributed by atoms with van der Waals surface area (Å²) in [5.41, 5.74) is 15.4. The quantitative estimate of drug-likeness (QED) is 0.852. The van der Waals surface area contributed by atoms with Crippen molar-refractivity contribution in [1.29, 1.82) is 0 Å². The largest absolute Gasteiger partial charge is 0.396 e. The second-order valence-corrected chi connectivity index (χ2v) is 4.71. The minimum absolute atomic E-state index is 0.318. The summed E-state index contributed by atoms with van der Waals surface area (Å²) in [5, 5.41) is 0. The van der Waals surface area contributed by atoms with E-state index in [2.05, 4.69) is 4.37 Å². The van der Waals surface area contributed by atoms with E-state index in [9.17, 15) is 4.79 Å². The van der Waals surface area contributed by atoms with Crippen LogP contribution in [0, 0.1) is 13.8 Å². The molecular formula is C12H13N3OS.